The molecule has 3 aliphatic rings. The number of carbonyl (C=O) groups is 5. The van der Waals surface area contributed by atoms with Gasteiger partial charge in [-0.15, -0.1) is 0 Å². The first-order valence-corrected chi connectivity index (χ1v) is 17.4. The number of fused-ring (bicyclic) bond motifs is 3. The summed E-state index contributed by atoms with van der Waals surface area (Å²) in [5.74, 6) is -4.13. The van der Waals surface area contributed by atoms with Gasteiger partial charge in [-0.05, 0) is 73.4 Å². The Kier molecular flexibility index (Phi) is 11.9. The molecular weight excluding hydrogens is 658 g/mol. The van der Waals surface area contributed by atoms with Crippen LogP contribution in [-0.4, -0.2) is 90.6 Å². The molecule has 2 fully saturated rings. The van der Waals surface area contributed by atoms with Gasteiger partial charge in [-0.1, -0.05) is 57.7 Å². The van der Waals surface area contributed by atoms with Gasteiger partial charge in [0, 0.05) is 34.1 Å². The maximum Gasteiger partial charge on any atom is 0.337 e. The van der Waals surface area contributed by atoms with Crippen LogP contribution >= 0.6 is 0 Å². The van der Waals surface area contributed by atoms with Crippen LogP contribution < -0.4 is 0 Å². The summed E-state index contributed by atoms with van der Waals surface area (Å²) in [6.45, 7) is 17.2. The summed E-state index contributed by atoms with van der Waals surface area (Å²) >= 11 is 0. The Labute approximate surface area is 300 Å². The van der Waals surface area contributed by atoms with Crippen molar-refractivity contribution in [3.8, 4) is 0 Å². The average molecular weight is 712 g/mol. The van der Waals surface area contributed by atoms with Crippen molar-refractivity contribution in [1.29, 1.82) is 0 Å². The molecule has 280 valence electrons. The highest BCUT2D eigenvalue weighted by Crippen LogP contribution is 2.61. The van der Waals surface area contributed by atoms with Gasteiger partial charge in [0.1, 0.15) is 18.3 Å². The van der Waals surface area contributed by atoms with Crippen LogP contribution in [0.25, 0.3) is 0 Å². The minimum Gasteiger partial charge on any atom is -0.462 e. The minimum atomic E-state index is -1.58. The molecule has 12 nitrogen and oxygen atoms in total. The molecule has 3 aliphatic carbocycles. The van der Waals surface area contributed by atoms with Gasteiger partial charge in [0.05, 0.1) is 11.5 Å². The lowest BCUT2D eigenvalue weighted by atomic mass is 9.49. The second kappa shape index (κ2) is 15.3. The first-order chi connectivity index (χ1) is 23.7. The monoisotopic (exact) mass is 711 g/mol. The van der Waals surface area contributed by atoms with Gasteiger partial charge in [0.2, 0.25) is 0 Å². The van der Waals surface area contributed by atoms with Crippen LogP contribution in [0.15, 0.2) is 53.6 Å². The fourth-order valence-corrected chi connectivity index (χ4v) is 8.87. The fraction of sp³-hybridized carbons (Fsp3) is 0.615. The fourth-order valence-electron chi connectivity index (χ4n) is 8.87. The Morgan fingerprint density at radius 1 is 0.804 bits per heavy atom. The van der Waals surface area contributed by atoms with E-state index in [1.54, 1.807) is 19.0 Å². The molecule has 51 heavy (non-hydrogen) atoms. The highest BCUT2D eigenvalue weighted by atomic mass is 16.6. The second-order valence-electron chi connectivity index (χ2n) is 15.2. The van der Waals surface area contributed by atoms with E-state index in [9.17, 15) is 29.1 Å². The van der Waals surface area contributed by atoms with Crippen LogP contribution in [0, 0.1) is 22.7 Å². The normalized spacial score (nSPS) is 31.2. The number of benzene rings is 1. The van der Waals surface area contributed by atoms with E-state index in [2.05, 4.69) is 6.58 Å². The number of aliphatic hydroxyl groups is 1. The number of esters is 5. The summed E-state index contributed by atoms with van der Waals surface area (Å²) in [6, 6.07) is 8.37. The molecule has 2 bridgehead atoms. The Morgan fingerprint density at radius 3 is 1.90 bits per heavy atom. The largest absolute Gasteiger partial charge is 0.462 e. The Bertz CT molecular complexity index is 1570. The molecule has 4 rings (SSSR count). The van der Waals surface area contributed by atoms with Gasteiger partial charge in [0.15, 0.2) is 18.3 Å². The van der Waals surface area contributed by atoms with E-state index in [4.69, 9.17) is 23.7 Å². The highest BCUT2D eigenvalue weighted by molar-refractivity contribution is 5.76. The van der Waals surface area contributed by atoms with Crippen molar-refractivity contribution in [2.24, 2.45) is 22.7 Å². The number of ether oxygens (including phenoxy) is 5. The van der Waals surface area contributed by atoms with Crippen molar-refractivity contribution < 1.29 is 52.8 Å². The molecular formula is C39H53NO11. The summed E-state index contributed by atoms with van der Waals surface area (Å²) < 4.78 is 30.1. The summed E-state index contributed by atoms with van der Waals surface area (Å²) in [7, 11) is 3.50. The van der Waals surface area contributed by atoms with E-state index < -0.39 is 89.3 Å². The minimum absolute atomic E-state index is 0.0610. The lowest BCUT2D eigenvalue weighted by Crippen LogP contribution is -2.64. The number of hydrogen-bond acceptors (Lipinski definition) is 12. The zero-order chi connectivity index (χ0) is 38.2. The lowest BCUT2D eigenvalue weighted by Gasteiger charge is -2.59. The highest BCUT2D eigenvalue weighted by Gasteiger charge is 2.64. The van der Waals surface area contributed by atoms with Crippen LogP contribution in [0.1, 0.15) is 86.3 Å². The summed E-state index contributed by atoms with van der Waals surface area (Å²) in [6.07, 6.45) is -5.88. The predicted octanol–water partition coefficient (Wildman–Crippen LogP) is 4.64. The summed E-state index contributed by atoms with van der Waals surface area (Å²) in [5.41, 5.74) is 0.598. The van der Waals surface area contributed by atoms with Gasteiger partial charge < -0.3 is 28.8 Å². The number of likely N-dealkylation sites (N-methyl/N-ethyl adjacent to an activating group) is 1. The van der Waals surface area contributed by atoms with Crippen molar-refractivity contribution in [1.82, 2.24) is 4.90 Å². The van der Waals surface area contributed by atoms with Crippen LogP contribution in [0.4, 0.5) is 0 Å². The van der Waals surface area contributed by atoms with E-state index in [0.29, 0.717) is 35.1 Å². The van der Waals surface area contributed by atoms with Gasteiger partial charge in [-0.3, -0.25) is 24.1 Å². The van der Waals surface area contributed by atoms with Crippen LogP contribution in [-0.2, 0) is 47.7 Å². The topological polar surface area (TPSA) is 155 Å². The lowest BCUT2D eigenvalue weighted by molar-refractivity contribution is -0.213. The van der Waals surface area contributed by atoms with Gasteiger partial charge >= 0.3 is 29.8 Å². The average Bonchev–Trinajstić information content (AvgIpc) is 3.01. The zero-order valence-corrected chi connectivity index (χ0v) is 31.4. The molecule has 12 heteroatoms. The number of aliphatic hydroxyl groups excluding tert-OH is 1. The maximum atomic E-state index is 13.8. The van der Waals surface area contributed by atoms with Crippen molar-refractivity contribution in [3.05, 3.63) is 59.2 Å². The van der Waals surface area contributed by atoms with Crippen molar-refractivity contribution in [2.75, 3.05) is 14.1 Å². The predicted molar refractivity (Wildman–Crippen MR) is 186 cm³/mol. The molecule has 2 saturated carbocycles. The first kappa shape index (κ1) is 39.8. The van der Waals surface area contributed by atoms with Crippen LogP contribution in [0.5, 0.6) is 0 Å². The second-order valence-corrected chi connectivity index (χ2v) is 15.2. The quantitative estimate of drug-likeness (QED) is 0.216. The van der Waals surface area contributed by atoms with E-state index in [1.165, 1.54) is 27.7 Å². The van der Waals surface area contributed by atoms with E-state index in [-0.39, 0.29) is 12.3 Å². The molecule has 0 spiro atoms. The molecule has 0 amide bonds. The zero-order valence-electron chi connectivity index (χ0n) is 31.4. The van der Waals surface area contributed by atoms with Crippen LogP contribution in [0.3, 0.4) is 0 Å². The molecule has 0 aliphatic heterocycles. The van der Waals surface area contributed by atoms with Crippen LogP contribution in [0.2, 0.25) is 0 Å². The first-order valence-electron chi connectivity index (χ1n) is 17.4. The van der Waals surface area contributed by atoms with E-state index in [0.717, 1.165) is 0 Å². The molecule has 1 aromatic carbocycles. The molecule has 10 unspecified atom stereocenters. The standard InChI is InChI=1S/C39H53NO11/c1-20-28-17-27-18-29(47-22(3)41)21(2)32(38(27,7)8)35(49-24(5)43)36(50-25(6)44)39(28,9)31(48-23(4)42)19-30(20)51-37(46)34(45)33(40(10)11)26-15-13-12-14-16-26/h12-16,27-31,33-36,45H,1,17-19H2,2-11H3. The molecule has 1 aromatic rings. The Morgan fingerprint density at radius 2 is 1.37 bits per heavy atom. The Balaban J connectivity index is 1.88. The Hall–Kier alpha value is -4.03. The molecule has 0 radical (unpaired) electrons. The van der Waals surface area contributed by atoms with E-state index in [1.807, 2.05) is 58.0 Å². The SMILES string of the molecule is C=C1C(OC(=O)C(O)C(c2ccccc2)N(C)C)CC(OC(C)=O)C2(C)C1CC1CC(OC(C)=O)C(C)=C(C(OC(C)=O)C2OC(C)=O)C1(C)C. The third-order valence-corrected chi connectivity index (χ3v) is 11.2. The van der Waals surface area contributed by atoms with Crippen molar-refractivity contribution in [2.45, 2.75) is 117 Å². The number of rotatable bonds is 9. The number of hydrogen-bond donors (Lipinski definition) is 1. The smallest absolute Gasteiger partial charge is 0.337 e. The molecule has 0 saturated heterocycles. The number of nitrogens with zero attached hydrogens (tertiary/aromatic N) is 1. The van der Waals surface area contributed by atoms with E-state index >= 15 is 0 Å². The number of carbonyl (C=O) groups excluding carboxylic acids is 5. The maximum absolute atomic E-state index is 13.8. The summed E-state index contributed by atoms with van der Waals surface area (Å²) in [5, 5.41) is 11.4. The molecule has 10 atom stereocenters. The molecule has 0 aromatic heterocycles. The van der Waals surface area contributed by atoms with Gasteiger partial charge in [-0.25, -0.2) is 4.79 Å². The van der Waals surface area contributed by atoms with Gasteiger partial charge in [-0.2, -0.15) is 0 Å². The molecule has 1 N–H and O–H groups in total. The van der Waals surface area contributed by atoms with Gasteiger partial charge in [0.25, 0.3) is 0 Å². The third-order valence-electron chi connectivity index (χ3n) is 11.2. The summed E-state index contributed by atoms with van der Waals surface area (Å²) in [4.78, 5) is 66.3. The third kappa shape index (κ3) is 7.91. The molecule has 0 heterocycles. The van der Waals surface area contributed by atoms with Crippen molar-refractivity contribution >= 4 is 29.8 Å². The van der Waals surface area contributed by atoms with Crippen molar-refractivity contribution in [3.63, 3.8) is 0 Å².